The summed E-state index contributed by atoms with van der Waals surface area (Å²) in [5, 5.41) is 2.12. The third-order valence-electron chi connectivity index (χ3n) is 5.35. The van der Waals surface area contributed by atoms with Crippen molar-refractivity contribution in [2.75, 3.05) is 5.32 Å². The molecule has 4 aromatic rings. The maximum atomic E-state index is 14.0. The third kappa shape index (κ3) is 4.31. The highest BCUT2D eigenvalue weighted by atomic mass is 32.2. The van der Waals surface area contributed by atoms with E-state index in [1.165, 1.54) is 4.57 Å². The molecule has 9 heteroatoms. The van der Waals surface area contributed by atoms with Crippen LogP contribution < -0.4 is 10.9 Å². The summed E-state index contributed by atoms with van der Waals surface area (Å²) >= 11 is 1.00. The SMILES string of the molecule is Cc1cccc(C)c1-n1c(SC(C)C(=O)Nc2ccc(F)c(F)c2F)nc2ccccc2c1=O. The van der Waals surface area contributed by atoms with Crippen LogP contribution in [0.1, 0.15) is 18.1 Å². The maximum Gasteiger partial charge on any atom is 0.266 e. The number of aromatic nitrogens is 2. The van der Waals surface area contributed by atoms with Crippen LogP contribution in [0.25, 0.3) is 16.6 Å². The number of thioether (sulfide) groups is 1. The van der Waals surface area contributed by atoms with Crippen LogP contribution in [0.3, 0.4) is 0 Å². The minimum atomic E-state index is -1.67. The van der Waals surface area contributed by atoms with Crippen LogP contribution in [0.15, 0.2) is 64.5 Å². The van der Waals surface area contributed by atoms with E-state index in [1.54, 1.807) is 31.2 Å². The number of benzene rings is 3. The minimum absolute atomic E-state index is 0.273. The van der Waals surface area contributed by atoms with Crippen molar-refractivity contribution in [3.8, 4) is 5.69 Å². The van der Waals surface area contributed by atoms with Crippen LogP contribution in [0, 0.1) is 31.3 Å². The zero-order chi connectivity index (χ0) is 24.6. The van der Waals surface area contributed by atoms with Gasteiger partial charge in [0.05, 0.1) is 27.5 Å². The quantitative estimate of drug-likeness (QED) is 0.230. The number of carbonyl (C=O) groups excluding carboxylic acids is 1. The fraction of sp³-hybridized carbons (Fsp3) is 0.160. The highest BCUT2D eigenvalue weighted by molar-refractivity contribution is 8.00. The molecule has 0 bridgehead atoms. The highest BCUT2D eigenvalue weighted by Gasteiger charge is 2.23. The number of rotatable bonds is 5. The van der Waals surface area contributed by atoms with E-state index in [9.17, 15) is 22.8 Å². The van der Waals surface area contributed by atoms with Crippen molar-refractivity contribution in [1.29, 1.82) is 0 Å². The molecule has 1 heterocycles. The summed E-state index contributed by atoms with van der Waals surface area (Å²) in [6, 6.07) is 14.2. The van der Waals surface area contributed by atoms with Crippen LogP contribution in [0.5, 0.6) is 0 Å². The van der Waals surface area contributed by atoms with Crippen molar-refractivity contribution >= 4 is 34.3 Å². The Morgan fingerprint density at radius 2 is 1.65 bits per heavy atom. The van der Waals surface area contributed by atoms with Crippen LogP contribution in [-0.2, 0) is 4.79 Å². The second-order valence-corrected chi connectivity index (χ2v) is 9.07. The molecule has 3 aromatic carbocycles. The van der Waals surface area contributed by atoms with Gasteiger partial charge in [0, 0.05) is 0 Å². The van der Waals surface area contributed by atoms with Crippen molar-refractivity contribution < 1.29 is 18.0 Å². The van der Waals surface area contributed by atoms with E-state index in [0.717, 1.165) is 35.0 Å². The first-order valence-corrected chi connectivity index (χ1v) is 11.3. The van der Waals surface area contributed by atoms with Crippen molar-refractivity contribution in [1.82, 2.24) is 9.55 Å². The highest BCUT2D eigenvalue weighted by Crippen LogP contribution is 2.29. The first-order chi connectivity index (χ1) is 16.2. The molecule has 0 saturated carbocycles. The largest absolute Gasteiger partial charge is 0.323 e. The Balaban J connectivity index is 1.76. The molecular formula is C25H20F3N3O2S. The molecule has 1 amide bonds. The number of nitrogens with one attached hydrogen (secondary N) is 1. The predicted octanol–water partition coefficient (Wildman–Crippen LogP) is 5.54. The fourth-order valence-electron chi connectivity index (χ4n) is 3.62. The predicted molar refractivity (Wildman–Crippen MR) is 127 cm³/mol. The number of para-hydroxylation sites is 2. The zero-order valence-electron chi connectivity index (χ0n) is 18.5. The number of anilines is 1. The molecule has 1 aromatic heterocycles. The lowest BCUT2D eigenvalue weighted by Crippen LogP contribution is -2.27. The van der Waals surface area contributed by atoms with Gasteiger partial charge in [-0.05, 0) is 56.2 Å². The molecular weight excluding hydrogens is 463 g/mol. The van der Waals surface area contributed by atoms with E-state index >= 15 is 0 Å². The normalized spacial score (nSPS) is 12.1. The number of hydrogen-bond donors (Lipinski definition) is 1. The molecule has 0 fully saturated rings. The summed E-state index contributed by atoms with van der Waals surface area (Å²) < 4.78 is 42.2. The molecule has 0 aliphatic rings. The summed E-state index contributed by atoms with van der Waals surface area (Å²) in [6.45, 7) is 5.30. The van der Waals surface area contributed by atoms with Crippen molar-refractivity contribution in [3.05, 3.63) is 93.5 Å². The van der Waals surface area contributed by atoms with Gasteiger partial charge in [0.25, 0.3) is 5.56 Å². The maximum absolute atomic E-state index is 14.0. The van der Waals surface area contributed by atoms with Gasteiger partial charge in [0.2, 0.25) is 5.91 Å². The van der Waals surface area contributed by atoms with Gasteiger partial charge in [-0.25, -0.2) is 18.2 Å². The Bertz CT molecular complexity index is 1470. The van der Waals surface area contributed by atoms with Gasteiger partial charge >= 0.3 is 0 Å². The van der Waals surface area contributed by atoms with Gasteiger partial charge in [-0.1, -0.05) is 42.1 Å². The molecule has 34 heavy (non-hydrogen) atoms. The zero-order valence-corrected chi connectivity index (χ0v) is 19.3. The number of halogens is 3. The van der Waals surface area contributed by atoms with Gasteiger partial charge < -0.3 is 5.32 Å². The summed E-state index contributed by atoms with van der Waals surface area (Å²) in [5.74, 6) is -5.17. The molecule has 5 nitrogen and oxygen atoms in total. The summed E-state index contributed by atoms with van der Waals surface area (Å²) in [6.07, 6.45) is 0. The Morgan fingerprint density at radius 1 is 0.971 bits per heavy atom. The van der Waals surface area contributed by atoms with E-state index in [1.807, 2.05) is 32.0 Å². The number of fused-ring (bicyclic) bond motifs is 1. The number of carbonyl (C=O) groups is 1. The van der Waals surface area contributed by atoms with Crippen molar-refractivity contribution in [2.45, 2.75) is 31.2 Å². The molecule has 1 atom stereocenters. The first kappa shape index (κ1) is 23.6. The molecule has 0 aliphatic carbocycles. The molecule has 1 unspecified atom stereocenters. The molecule has 0 saturated heterocycles. The van der Waals surface area contributed by atoms with Gasteiger partial charge in [-0.2, -0.15) is 0 Å². The monoisotopic (exact) mass is 483 g/mol. The number of aryl methyl sites for hydroxylation is 2. The van der Waals surface area contributed by atoms with Crippen molar-refractivity contribution in [2.24, 2.45) is 0 Å². The van der Waals surface area contributed by atoms with Crippen LogP contribution in [-0.4, -0.2) is 20.7 Å². The van der Waals surface area contributed by atoms with Gasteiger partial charge in [-0.15, -0.1) is 0 Å². The van der Waals surface area contributed by atoms with Crippen LogP contribution in [0.2, 0.25) is 0 Å². The fourth-order valence-corrected chi connectivity index (χ4v) is 4.53. The molecule has 4 rings (SSSR count). The van der Waals surface area contributed by atoms with E-state index in [-0.39, 0.29) is 10.7 Å². The summed E-state index contributed by atoms with van der Waals surface area (Å²) in [5.41, 5.74) is 2.06. The lowest BCUT2D eigenvalue weighted by Gasteiger charge is -2.19. The van der Waals surface area contributed by atoms with Gasteiger partial charge in [0.15, 0.2) is 22.6 Å². The Kier molecular flexibility index (Phi) is 6.47. The molecule has 0 radical (unpaired) electrons. The molecule has 0 aliphatic heterocycles. The van der Waals surface area contributed by atoms with Crippen LogP contribution in [0.4, 0.5) is 18.9 Å². The Hall–Kier alpha value is -3.59. The standard InChI is InChI=1S/C25H20F3N3O2S/c1-13-7-6-8-14(2)22(13)31-24(33)16-9-4-5-10-18(16)30-25(31)34-15(3)23(32)29-19-12-11-17(26)20(27)21(19)28/h4-12,15H,1-3H3,(H,29,32). The lowest BCUT2D eigenvalue weighted by atomic mass is 10.1. The van der Waals surface area contributed by atoms with Crippen LogP contribution >= 0.6 is 11.8 Å². The number of amides is 1. The molecule has 0 spiro atoms. The first-order valence-electron chi connectivity index (χ1n) is 10.4. The number of hydrogen-bond acceptors (Lipinski definition) is 4. The summed E-state index contributed by atoms with van der Waals surface area (Å²) in [4.78, 5) is 30.9. The van der Waals surface area contributed by atoms with Gasteiger partial charge in [-0.3, -0.25) is 14.2 Å². The summed E-state index contributed by atoms with van der Waals surface area (Å²) in [7, 11) is 0. The molecule has 174 valence electrons. The van der Waals surface area contributed by atoms with Crippen molar-refractivity contribution in [3.63, 3.8) is 0 Å². The van der Waals surface area contributed by atoms with E-state index in [2.05, 4.69) is 10.3 Å². The lowest BCUT2D eigenvalue weighted by molar-refractivity contribution is -0.115. The second-order valence-electron chi connectivity index (χ2n) is 7.76. The molecule has 1 N–H and O–H groups in total. The minimum Gasteiger partial charge on any atom is -0.323 e. The van der Waals surface area contributed by atoms with E-state index < -0.39 is 34.3 Å². The second kappa shape index (κ2) is 9.34. The topological polar surface area (TPSA) is 64.0 Å². The average molecular weight is 484 g/mol. The Labute approximate surface area is 197 Å². The van der Waals surface area contributed by atoms with E-state index in [0.29, 0.717) is 16.6 Å². The average Bonchev–Trinajstić information content (AvgIpc) is 2.81. The van der Waals surface area contributed by atoms with Gasteiger partial charge in [0.1, 0.15) is 0 Å². The smallest absolute Gasteiger partial charge is 0.266 e. The van der Waals surface area contributed by atoms with E-state index in [4.69, 9.17) is 0 Å². The third-order valence-corrected chi connectivity index (χ3v) is 6.40. The number of nitrogens with zero attached hydrogens (tertiary/aromatic N) is 2. The Morgan fingerprint density at radius 3 is 2.35 bits per heavy atom.